The van der Waals surface area contributed by atoms with Crippen LogP contribution in [0.4, 0.5) is 48.3 Å². The lowest BCUT2D eigenvalue weighted by molar-refractivity contribution is -0.429. The first-order valence-corrected chi connectivity index (χ1v) is 10.9. The van der Waals surface area contributed by atoms with E-state index < -0.39 is 72.8 Å². The lowest BCUT2D eigenvalue weighted by atomic mass is 9.87. The molecule has 17 heteroatoms. The van der Waals surface area contributed by atoms with Crippen molar-refractivity contribution < 1.29 is 67.7 Å². The third-order valence-electron chi connectivity index (χ3n) is 5.69. The smallest absolute Gasteiger partial charge is 0.460 e. The van der Waals surface area contributed by atoms with Gasteiger partial charge in [-0.1, -0.05) is 13.8 Å². The van der Waals surface area contributed by atoms with Gasteiger partial charge in [0.2, 0.25) is 0 Å². The predicted molar refractivity (Wildman–Crippen MR) is 105 cm³/mol. The molecule has 0 amide bonds. The fourth-order valence-electron chi connectivity index (χ4n) is 3.46. The van der Waals surface area contributed by atoms with Crippen molar-refractivity contribution in [3.05, 3.63) is 11.6 Å². The normalized spacial score (nSPS) is 23.2. The Labute approximate surface area is 204 Å². The summed E-state index contributed by atoms with van der Waals surface area (Å²) in [5, 5.41) is 11.1. The van der Waals surface area contributed by atoms with Gasteiger partial charge in [0.25, 0.3) is 0 Å². The van der Waals surface area contributed by atoms with Gasteiger partial charge >= 0.3 is 35.8 Å². The second-order valence-corrected chi connectivity index (χ2v) is 8.26. The van der Waals surface area contributed by atoms with Gasteiger partial charge in [-0.05, 0) is 32.3 Å². The Balaban J connectivity index is 3.40. The number of halogens is 11. The first kappa shape index (κ1) is 33.3. The second-order valence-electron chi connectivity index (χ2n) is 8.26. The molecule has 0 saturated carbocycles. The summed E-state index contributed by atoms with van der Waals surface area (Å²) in [4.78, 5) is 12.1. The standard InChI is InChI=1S/C20H27F11N2O4/c1-4-10(5-2)37-12-8-9(14(34)36-6-3)7-11(32)13(12)33-15(35)16(21,22)17(23,24)18(25,26)19(27,28)20(29,30)31/h8,10-13,15,33,35H,4-7,32H2,1-3H3. The lowest BCUT2D eigenvalue weighted by Crippen LogP contribution is -2.72. The van der Waals surface area contributed by atoms with Crippen molar-refractivity contribution in [2.24, 2.45) is 5.73 Å². The molecule has 0 aromatic heterocycles. The number of alkyl halides is 11. The highest BCUT2D eigenvalue weighted by Gasteiger charge is 2.88. The quantitative estimate of drug-likeness (QED) is 0.186. The fraction of sp³-hybridized carbons (Fsp3) is 0.850. The maximum atomic E-state index is 14.3. The SMILES string of the molecule is CCOC(=O)C1=CC(OC(CC)CC)C(NC(O)C(F)(F)C(F)(F)C(F)(F)C(F)(F)C(F)(F)F)C(N)C1. The highest BCUT2D eigenvalue weighted by Crippen LogP contribution is 2.57. The number of rotatable bonds is 12. The van der Waals surface area contributed by atoms with Crippen LogP contribution in [0.1, 0.15) is 40.0 Å². The van der Waals surface area contributed by atoms with Crippen LogP contribution in [-0.4, -0.2) is 78.1 Å². The van der Waals surface area contributed by atoms with Crippen molar-refractivity contribution >= 4 is 5.97 Å². The van der Waals surface area contributed by atoms with E-state index in [1.54, 1.807) is 13.8 Å². The van der Waals surface area contributed by atoms with E-state index in [2.05, 4.69) is 0 Å². The van der Waals surface area contributed by atoms with Crippen LogP contribution in [0.25, 0.3) is 0 Å². The van der Waals surface area contributed by atoms with Crippen molar-refractivity contribution in [2.45, 2.75) is 100 Å². The van der Waals surface area contributed by atoms with Crippen LogP contribution in [0.15, 0.2) is 11.6 Å². The molecule has 1 aliphatic rings. The number of esters is 1. The van der Waals surface area contributed by atoms with Crippen LogP contribution in [0.2, 0.25) is 0 Å². The molecular formula is C20H27F11N2O4. The summed E-state index contributed by atoms with van der Waals surface area (Å²) in [6.07, 6.45) is -12.5. The first-order valence-electron chi connectivity index (χ1n) is 10.9. The number of nitrogens with one attached hydrogen (secondary N) is 1. The molecule has 0 radical (unpaired) electrons. The molecule has 0 fully saturated rings. The van der Waals surface area contributed by atoms with Crippen LogP contribution in [-0.2, 0) is 14.3 Å². The molecule has 4 N–H and O–H groups in total. The topological polar surface area (TPSA) is 93.8 Å². The van der Waals surface area contributed by atoms with E-state index in [1.807, 2.05) is 0 Å². The van der Waals surface area contributed by atoms with Crippen LogP contribution in [0, 0.1) is 0 Å². The molecule has 0 saturated heterocycles. The third-order valence-corrected chi connectivity index (χ3v) is 5.69. The third kappa shape index (κ3) is 6.30. The second kappa shape index (κ2) is 11.6. The molecule has 1 rings (SSSR count). The fourth-order valence-corrected chi connectivity index (χ4v) is 3.46. The van der Waals surface area contributed by atoms with Crippen molar-refractivity contribution in [3.63, 3.8) is 0 Å². The van der Waals surface area contributed by atoms with E-state index in [0.29, 0.717) is 12.8 Å². The van der Waals surface area contributed by atoms with Crippen LogP contribution < -0.4 is 11.1 Å². The minimum absolute atomic E-state index is 0.0814. The van der Waals surface area contributed by atoms with Gasteiger partial charge in [0.1, 0.15) is 0 Å². The summed E-state index contributed by atoms with van der Waals surface area (Å²) in [6, 6.07) is -3.31. The largest absolute Gasteiger partial charge is 0.463 e. The van der Waals surface area contributed by atoms with Crippen LogP contribution in [0.5, 0.6) is 0 Å². The molecule has 0 aliphatic heterocycles. The molecule has 218 valence electrons. The van der Waals surface area contributed by atoms with E-state index in [0.717, 1.165) is 6.08 Å². The number of hydrogen-bond donors (Lipinski definition) is 3. The number of aliphatic hydroxyl groups excluding tert-OH is 1. The highest BCUT2D eigenvalue weighted by atomic mass is 19.4. The van der Waals surface area contributed by atoms with Gasteiger partial charge < -0.3 is 20.3 Å². The zero-order valence-electron chi connectivity index (χ0n) is 19.7. The minimum Gasteiger partial charge on any atom is -0.463 e. The molecule has 4 unspecified atom stereocenters. The average molecular weight is 568 g/mol. The summed E-state index contributed by atoms with van der Waals surface area (Å²) in [5.41, 5.74) is 5.68. The molecule has 37 heavy (non-hydrogen) atoms. The van der Waals surface area contributed by atoms with Gasteiger partial charge in [-0.25, -0.2) is 4.79 Å². The van der Waals surface area contributed by atoms with Gasteiger partial charge in [0.15, 0.2) is 6.23 Å². The van der Waals surface area contributed by atoms with Crippen molar-refractivity contribution in [1.82, 2.24) is 5.32 Å². The number of carbonyl (C=O) groups excluding carboxylic acids is 1. The number of nitrogens with two attached hydrogens (primary N) is 1. The summed E-state index contributed by atoms with van der Waals surface area (Å²) >= 11 is 0. The number of carbonyl (C=O) groups is 1. The molecule has 0 bridgehead atoms. The summed E-state index contributed by atoms with van der Waals surface area (Å²) in [5.74, 6) is -30.2. The van der Waals surface area contributed by atoms with Crippen molar-refractivity contribution in [1.29, 1.82) is 0 Å². The van der Waals surface area contributed by atoms with E-state index in [4.69, 9.17) is 15.2 Å². The Kier molecular flexibility index (Phi) is 10.4. The van der Waals surface area contributed by atoms with Crippen molar-refractivity contribution in [3.8, 4) is 0 Å². The number of ether oxygens (including phenoxy) is 2. The monoisotopic (exact) mass is 568 g/mol. The van der Waals surface area contributed by atoms with Gasteiger partial charge in [-0.2, -0.15) is 48.3 Å². The van der Waals surface area contributed by atoms with Crippen molar-refractivity contribution in [2.75, 3.05) is 6.61 Å². The Hall–Kier alpha value is -1.72. The Morgan fingerprint density at radius 3 is 1.95 bits per heavy atom. The molecule has 0 aromatic carbocycles. The van der Waals surface area contributed by atoms with E-state index in [1.165, 1.54) is 12.2 Å². The zero-order chi connectivity index (χ0) is 29.2. The molecule has 0 aromatic rings. The number of aliphatic hydroxyl groups is 1. The summed E-state index contributed by atoms with van der Waals surface area (Å²) in [6.45, 7) is 4.63. The molecule has 1 aliphatic carbocycles. The molecule has 6 nitrogen and oxygen atoms in total. The zero-order valence-corrected chi connectivity index (χ0v) is 19.7. The van der Waals surface area contributed by atoms with E-state index >= 15 is 0 Å². The summed E-state index contributed by atoms with van der Waals surface area (Å²) in [7, 11) is 0. The molecule has 0 spiro atoms. The van der Waals surface area contributed by atoms with Crippen LogP contribution in [0.3, 0.4) is 0 Å². The number of hydrogen-bond acceptors (Lipinski definition) is 6. The molecular weight excluding hydrogens is 541 g/mol. The van der Waals surface area contributed by atoms with E-state index in [9.17, 15) is 58.2 Å². The summed E-state index contributed by atoms with van der Waals surface area (Å²) < 4.78 is 157. The Morgan fingerprint density at radius 1 is 1.00 bits per heavy atom. The predicted octanol–water partition coefficient (Wildman–Crippen LogP) is 4.16. The maximum Gasteiger partial charge on any atom is 0.460 e. The maximum absolute atomic E-state index is 14.3. The van der Waals surface area contributed by atoms with Gasteiger partial charge in [-0.15, -0.1) is 0 Å². The Morgan fingerprint density at radius 2 is 1.51 bits per heavy atom. The Bertz CT molecular complexity index is 817. The van der Waals surface area contributed by atoms with E-state index in [-0.39, 0.29) is 12.2 Å². The highest BCUT2D eigenvalue weighted by molar-refractivity contribution is 5.89. The lowest BCUT2D eigenvalue weighted by Gasteiger charge is -2.42. The minimum atomic E-state index is -7.68. The van der Waals surface area contributed by atoms with Gasteiger partial charge in [0.05, 0.1) is 24.9 Å². The average Bonchev–Trinajstić information content (AvgIpc) is 2.77. The molecule has 4 atom stereocenters. The van der Waals surface area contributed by atoms with Crippen LogP contribution >= 0.6 is 0 Å². The van der Waals surface area contributed by atoms with Gasteiger partial charge in [-0.3, -0.25) is 5.32 Å². The van der Waals surface area contributed by atoms with Gasteiger partial charge in [0, 0.05) is 11.6 Å². The molecule has 0 heterocycles. The first-order chi connectivity index (χ1) is 16.6.